The molecular formula is C12H16FNO2S. The molecule has 1 fully saturated rings. The van der Waals surface area contributed by atoms with Crippen molar-refractivity contribution in [3.05, 3.63) is 35.6 Å². The van der Waals surface area contributed by atoms with Crippen LogP contribution in [0.5, 0.6) is 0 Å². The quantitative estimate of drug-likeness (QED) is 0.835. The Balaban J connectivity index is 1.92. The van der Waals surface area contributed by atoms with Crippen molar-refractivity contribution >= 4 is 10.7 Å². The average Bonchev–Trinajstić information content (AvgIpc) is 2.30. The zero-order valence-corrected chi connectivity index (χ0v) is 10.4. The molecule has 0 spiro atoms. The van der Waals surface area contributed by atoms with E-state index in [1.54, 1.807) is 0 Å². The SMILES string of the molecule is O=[SH](=O)CN1CCC(c2ccc(F)cc2)CC1. The third-order valence-electron chi connectivity index (χ3n) is 3.24. The third kappa shape index (κ3) is 3.51. The second kappa shape index (κ2) is 5.60. The molecule has 0 N–H and O–H groups in total. The molecule has 1 aromatic carbocycles. The summed E-state index contributed by atoms with van der Waals surface area (Å²) in [5.74, 6) is 0.372. The van der Waals surface area contributed by atoms with E-state index in [1.165, 1.54) is 12.1 Å². The number of thiol groups is 1. The highest BCUT2D eigenvalue weighted by Crippen LogP contribution is 2.27. The van der Waals surface area contributed by atoms with Crippen molar-refractivity contribution in [3.8, 4) is 0 Å². The second-order valence-electron chi connectivity index (χ2n) is 4.42. The molecule has 2 rings (SSSR count). The normalized spacial score (nSPS) is 18.7. The highest BCUT2D eigenvalue weighted by Gasteiger charge is 2.20. The first kappa shape index (κ1) is 12.5. The number of rotatable bonds is 3. The fourth-order valence-electron chi connectivity index (χ4n) is 2.31. The molecule has 3 nitrogen and oxygen atoms in total. The maximum atomic E-state index is 12.8. The maximum Gasteiger partial charge on any atom is 0.153 e. The lowest BCUT2D eigenvalue weighted by atomic mass is 9.90. The molecule has 0 amide bonds. The molecular weight excluding hydrogens is 241 g/mol. The van der Waals surface area contributed by atoms with Crippen molar-refractivity contribution in [1.29, 1.82) is 0 Å². The lowest BCUT2D eigenvalue weighted by molar-refractivity contribution is 0.242. The minimum Gasteiger partial charge on any atom is -0.290 e. The van der Waals surface area contributed by atoms with Crippen LogP contribution in [0.25, 0.3) is 0 Å². The predicted molar refractivity (Wildman–Crippen MR) is 65.1 cm³/mol. The Bertz CT molecular complexity index is 428. The molecule has 1 aliphatic rings. The highest BCUT2D eigenvalue weighted by molar-refractivity contribution is 7.72. The van der Waals surface area contributed by atoms with E-state index in [1.807, 2.05) is 17.0 Å². The molecule has 0 unspecified atom stereocenters. The van der Waals surface area contributed by atoms with Crippen LogP contribution in [0, 0.1) is 5.82 Å². The van der Waals surface area contributed by atoms with Crippen molar-refractivity contribution in [3.63, 3.8) is 0 Å². The van der Waals surface area contributed by atoms with Crippen molar-refractivity contribution in [1.82, 2.24) is 4.90 Å². The Morgan fingerprint density at radius 2 is 1.76 bits per heavy atom. The van der Waals surface area contributed by atoms with E-state index in [-0.39, 0.29) is 11.7 Å². The summed E-state index contributed by atoms with van der Waals surface area (Å²) >= 11 is 0. The van der Waals surface area contributed by atoms with Crippen LogP contribution >= 0.6 is 0 Å². The molecule has 1 saturated heterocycles. The van der Waals surface area contributed by atoms with Gasteiger partial charge >= 0.3 is 0 Å². The number of nitrogens with zero attached hydrogens (tertiary/aromatic N) is 1. The summed E-state index contributed by atoms with van der Waals surface area (Å²) in [6, 6.07) is 6.61. The minimum atomic E-state index is -2.32. The lowest BCUT2D eigenvalue weighted by Crippen LogP contribution is -2.34. The first-order valence-electron chi connectivity index (χ1n) is 5.75. The summed E-state index contributed by atoms with van der Waals surface area (Å²) in [7, 11) is -2.32. The number of likely N-dealkylation sites (tertiary alicyclic amines) is 1. The third-order valence-corrected chi connectivity index (χ3v) is 3.88. The van der Waals surface area contributed by atoms with Crippen LogP contribution in [0.3, 0.4) is 0 Å². The fourth-order valence-corrected chi connectivity index (χ4v) is 2.92. The van der Waals surface area contributed by atoms with Crippen molar-refractivity contribution < 1.29 is 12.8 Å². The van der Waals surface area contributed by atoms with E-state index in [0.29, 0.717) is 5.92 Å². The lowest BCUT2D eigenvalue weighted by Gasteiger charge is -2.30. The van der Waals surface area contributed by atoms with E-state index >= 15 is 0 Å². The van der Waals surface area contributed by atoms with Gasteiger partial charge in [-0.15, -0.1) is 0 Å². The van der Waals surface area contributed by atoms with E-state index in [4.69, 9.17) is 0 Å². The number of hydrogen-bond acceptors (Lipinski definition) is 3. The van der Waals surface area contributed by atoms with Gasteiger partial charge in [-0.25, -0.2) is 12.8 Å². The van der Waals surface area contributed by atoms with E-state index in [0.717, 1.165) is 31.5 Å². The van der Waals surface area contributed by atoms with Crippen LogP contribution in [-0.2, 0) is 10.7 Å². The standard InChI is InChI=1S/C12H16FNO2S/c13-12-3-1-10(2-4-12)11-5-7-14(8-6-11)9-17(15)16/h1-4,11,17H,5-9H2. The fraction of sp³-hybridized carbons (Fsp3) is 0.500. The van der Waals surface area contributed by atoms with E-state index in [2.05, 4.69) is 0 Å². The molecule has 0 atom stereocenters. The molecule has 1 aliphatic heterocycles. The molecule has 1 heterocycles. The zero-order chi connectivity index (χ0) is 12.3. The van der Waals surface area contributed by atoms with Crippen molar-refractivity contribution in [2.24, 2.45) is 0 Å². The van der Waals surface area contributed by atoms with Gasteiger partial charge in [0.15, 0.2) is 10.7 Å². The van der Waals surface area contributed by atoms with Gasteiger partial charge < -0.3 is 0 Å². The van der Waals surface area contributed by atoms with Crippen LogP contribution in [-0.4, -0.2) is 32.3 Å². The van der Waals surface area contributed by atoms with Gasteiger partial charge in [0.2, 0.25) is 0 Å². The summed E-state index contributed by atoms with van der Waals surface area (Å²) in [6.07, 6.45) is 1.88. The van der Waals surface area contributed by atoms with Gasteiger partial charge in [0.05, 0.1) is 5.88 Å². The predicted octanol–water partition coefficient (Wildman–Crippen LogP) is 1.57. The molecule has 5 heteroatoms. The van der Waals surface area contributed by atoms with Gasteiger partial charge in [-0.3, -0.25) is 4.90 Å². The van der Waals surface area contributed by atoms with Crippen molar-refractivity contribution in [2.75, 3.05) is 19.0 Å². The Morgan fingerprint density at radius 1 is 1.18 bits per heavy atom. The number of piperidine rings is 1. The number of benzene rings is 1. The van der Waals surface area contributed by atoms with Gasteiger partial charge in [0.1, 0.15) is 5.82 Å². The number of hydrogen-bond donors (Lipinski definition) is 1. The summed E-state index contributed by atoms with van der Waals surface area (Å²) < 4.78 is 34.0. The number of halogens is 1. The van der Waals surface area contributed by atoms with Crippen LogP contribution in [0.1, 0.15) is 24.3 Å². The minimum absolute atomic E-state index is 0.158. The Kier molecular flexibility index (Phi) is 4.12. The molecule has 0 radical (unpaired) electrons. The van der Waals surface area contributed by atoms with Gasteiger partial charge in [0.25, 0.3) is 0 Å². The van der Waals surface area contributed by atoms with Crippen LogP contribution < -0.4 is 0 Å². The molecule has 94 valence electrons. The largest absolute Gasteiger partial charge is 0.290 e. The maximum absolute atomic E-state index is 12.8. The molecule has 17 heavy (non-hydrogen) atoms. The van der Waals surface area contributed by atoms with E-state index < -0.39 is 10.7 Å². The highest BCUT2D eigenvalue weighted by atomic mass is 32.2. The molecule has 0 aromatic heterocycles. The summed E-state index contributed by atoms with van der Waals surface area (Å²) in [6.45, 7) is 1.59. The monoisotopic (exact) mass is 257 g/mol. The Labute approximate surface area is 102 Å². The van der Waals surface area contributed by atoms with Gasteiger partial charge in [-0.1, -0.05) is 12.1 Å². The van der Waals surface area contributed by atoms with Gasteiger partial charge in [-0.05, 0) is 49.5 Å². The van der Waals surface area contributed by atoms with Crippen LogP contribution in [0.2, 0.25) is 0 Å². The Hall–Kier alpha value is -0.940. The second-order valence-corrected chi connectivity index (χ2v) is 5.37. The van der Waals surface area contributed by atoms with Crippen molar-refractivity contribution in [2.45, 2.75) is 18.8 Å². The zero-order valence-electron chi connectivity index (χ0n) is 9.51. The Morgan fingerprint density at radius 3 is 2.29 bits per heavy atom. The molecule has 0 saturated carbocycles. The summed E-state index contributed by atoms with van der Waals surface area (Å²) in [5.41, 5.74) is 1.15. The van der Waals surface area contributed by atoms with E-state index in [9.17, 15) is 12.8 Å². The summed E-state index contributed by atoms with van der Waals surface area (Å²) in [4.78, 5) is 1.95. The smallest absolute Gasteiger partial charge is 0.153 e. The van der Waals surface area contributed by atoms with Gasteiger partial charge in [0, 0.05) is 0 Å². The molecule has 1 aromatic rings. The molecule has 0 bridgehead atoms. The van der Waals surface area contributed by atoms with Gasteiger partial charge in [-0.2, -0.15) is 0 Å². The first-order chi connectivity index (χ1) is 8.15. The van der Waals surface area contributed by atoms with Crippen LogP contribution in [0.4, 0.5) is 4.39 Å². The average molecular weight is 257 g/mol. The van der Waals surface area contributed by atoms with Crippen LogP contribution in [0.15, 0.2) is 24.3 Å². The summed E-state index contributed by atoms with van der Waals surface area (Å²) in [5, 5.41) is 0. The molecule has 0 aliphatic carbocycles. The first-order valence-corrected chi connectivity index (χ1v) is 7.11. The topological polar surface area (TPSA) is 37.4 Å².